The first-order chi connectivity index (χ1) is 8.99. The van der Waals surface area contributed by atoms with Crippen LogP contribution in [0.3, 0.4) is 0 Å². The Kier molecular flexibility index (Phi) is 4.19. The highest BCUT2D eigenvalue weighted by atomic mass is 16.5. The Morgan fingerprint density at radius 3 is 2.63 bits per heavy atom. The van der Waals surface area contributed by atoms with Gasteiger partial charge in [0, 0.05) is 11.6 Å². The number of nitrogens with one attached hydrogen (secondary N) is 1. The molecule has 0 heterocycles. The number of methoxy groups -OCH3 is 1. The third-order valence-corrected chi connectivity index (χ3v) is 4.77. The van der Waals surface area contributed by atoms with Crippen molar-refractivity contribution in [3.8, 4) is 5.75 Å². The van der Waals surface area contributed by atoms with Crippen molar-refractivity contribution < 1.29 is 4.74 Å². The SMILES string of the molecule is CNC(c1cc(C)ccc1OC)C1CCCC1(C)C. The van der Waals surface area contributed by atoms with Gasteiger partial charge in [-0.25, -0.2) is 0 Å². The van der Waals surface area contributed by atoms with Gasteiger partial charge in [-0.1, -0.05) is 38.0 Å². The maximum atomic E-state index is 5.57. The van der Waals surface area contributed by atoms with Gasteiger partial charge >= 0.3 is 0 Å². The van der Waals surface area contributed by atoms with E-state index in [0.29, 0.717) is 17.4 Å². The van der Waals surface area contributed by atoms with Crippen molar-refractivity contribution in [1.29, 1.82) is 0 Å². The molecule has 1 aromatic rings. The molecular formula is C17H27NO. The fourth-order valence-corrected chi connectivity index (χ4v) is 3.64. The molecule has 1 aliphatic rings. The molecule has 19 heavy (non-hydrogen) atoms. The van der Waals surface area contributed by atoms with E-state index in [1.807, 2.05) is 0 Å². The van der Waals surface area contributed by atoms with E-state index in [2.05, 4.69) is 51.3 Å². The van der Waals surface area contributed by atoms with Crippen LogP contribution in [0.15, 0.2) is 18.2 Å². The zero-order valence-corrected chi connectivity index (χ0v) is 12.9. The molecule has 0 spiro atoms. The fraction of sp³-hybridized carbons (Fsp3) is 0.647. The molecule has 0 amide bonds. The Morgan fingerprint density at radius 1 is 1.37 bits per heavy atom. The van der Waals surface area contributed by atoms with Gasteiger partial charge in [-0.05, 0) is 44.2 Å². The minimum atomic E-state index is 0.382. The van der Waals surface area contributed by atoms with Gasteiger partial charge in [0.1, 0.15) is 5.75 Å². The van der Waals surface area contributed by atoms with Crippen LogP contribution in [0.5, 0.6) is 5.75 Å². The molecule has 0 aromatic heterocycles. The molecule has 106 valence electrons. The van der Waals surface area contributed by atoms with E-state index in [1.165, 1.54) is 30.4 Å². The Morgan fingerprint density at radius 2 is 2.11 bits per heavy atom. The number of ether oxygens (including phenoxy) is 1. The van der Waals surface area contributed by atoms with Crippen LogP contribution in [0.1, 0.15) is 50.3 Å². The zero-order chi connectivity index (χ0) is 14.0. The lowest BCUT2D eigenvalue weighted by Gasteiger charge is -2.35. The molecule has 1 N–H and O–H groups in total. The average molecular weight is 261 g/mol. The smallest absolute Gasteiger partial charge is 0.123 e. The molecule has 1 saturated carbocycles. The van der Waals surface area contributed by atoms with Crippen LogP contribution in [0, 0.1) is 18.3 Å². The quantitative estimate of drug-likeness (QED) is 0.881. The van der Waals surface area contributed by atoms with Crippen LogP contribution in [0.25, 0.3) is 0 Å². The van der Waals surface area contributed by atoms with Gasteiger partial charge < -0.3 is 10.1 Å². The van der Waals surface area contributed by atoms with E-state index >= 15 is 0 Å². The molecule has 0 aliphatic heterocycles. The summed E-state index contributed by atoms with van der Waals surface area (Å²) in [6, 6.07) is 6.87. The third kappa shape index (κ3) is 2.79. The summed E-state index contributed by atoms with van der Waals surface area (Å²) in [6.07, 6.45) is 3.96. The summed E-state index contributed by atoms with van der Waals surface area (Å²) in [7, 11) is 3.83. The predicted octanol–water partition coefficient (Wildman–Crippen LogP) is 4.09. The molecule has 2 rings (SSSR count). The van der Waals surface area contributed by atoms with E-state index in [4.69, 9.17) is 4.74 Å². The van der Waals surface area contributed by atoms with Crippen LogP contribution < -0.4 is 10.1 Å². The maximum absolute atomic E-state index is 5.57. The van der Waals surface area contributed by atoms with E-state index in [9.17, 15) is 0 Å². The molecule has 1 aliphatic carbocycles. The van der Waals surface area contributed by atoms with Gasteiger partial charge in [-0.3, -0.25) is 0 Å². The Balaban J connectivity index is 2.39. The number of hydrogen-bond donors (Lipinski definition) is 1. The predicted molar refractivity (Wildman–Crippen MR) is 80.7 cm³/mol. The fourth-order valence-electron chi connectivity index (χ4n) is 3.64. The van der Waals surface area contributed by atoms with Crippen LogP contribution in [0.2, 0.25) is 0 Å². The van der Waals surface area contributed by atoms with Gasteiger partial charge in [0.25, 0.3) is 0 Å². The summed E-state index contributed by atoms with van der Waals surface area (Å²) < 4.78 is 5.57. The van der Waals surface area contributed by atoms with Crippen molar-refractivity contribution in [2.45, 2.75) is 46.1 Å². The van der Waals surface area contributed by atoms with E-state index in [0.717, 1.165) is 5.75 Å². The third-order valence-electron chi connectivity index (χ3n) is 4.77. The number of hydrogen-bond acceptors (Lipinski definition) is 2. The van der Waals surface area contributed by atoms with E-state index in [-0.39, 0.29) is 0 Å². The lowest BCUT2D eigenvalue weighted by Crippen LogP contribution is -2.32. The average Bonchev–Trinajstić information content (AvgIpc) is 2.71. The first-order valence-electron chi connectivity index (χ1n) is 7.31. The van der Waals surface area contributed by atoms with Crippen molar-refractivity contribution in [2.24, 2.45) is 11.3 Å². The standard InChI is InChI=1S/C17H27NO/c1-12-8-9-15(19-5)13(11-12)16(18-4)14-7-6-10-17(14,2)3/h8-9,11,14,16,18H,6-7,10H2,1-5H3. The molecule has 2 unspecified atom stereocenters. The first-order valence-corrected chi connectivity index (χ1v) is 7.31. The first kappa shape index (κ1) is 14.4. The number of rotatable bonds is 4. The molecule has 2 nitrogen and oxygen atoms in total. The molecule has 2 heteroatoms. The van der Waals surface area contributed by atoms with Crippen molar-refractivity contribution >= 4 is 0 Å². The summed E-state index contributed by atoms with van der Waals surface area (Å²) >= 11 is 0. The summed E-state index contributed by atoms with van der Waals surface area (Å²) in [4.78, 5) is 0. The second-order valence-electron chi connectivity index (χ2n) is 6.50. The normalized spacial score (nSPS) is 23.3. The van der Waals surface area contributed by atoms with Crippen molar-refractivity contribution in [2.75, 3.05) is 14.2 Å². The number of benzene rings is 1. The summed E-state index contributed by atoms with van der Waals surface area (Å²) in [5.41, 5.74) is 3.01. The topological polar surface area (TPSA) is 21.3 Å². The highest BCUT2D eigenvalue weighted by Gasteiger charge is 2.40. The van der Waals surface area contributed by atoms with E-state index < -0.39 is 0 Å². The van der Waals surface area contributed by atoms with Crippen molar-refractivity contribution in [1.82, 2.24) is 5.32 Å². The Bertz CT molecular complexity index is 439. The monoisotopic (exact) mass is 261 g/mol. The largest absolute Gasteiger partial charge is 0.496 e. The summed E-state index contributed by atoms with van der Waals surface area (Å²) in [6.45, 7) is 6.95. The van der Waals surface area contributed by atoms with Gasteiger partial charge in [-0.2, -0.15) is 0 Å². The van der Waals surface area contributed by atoms with E-state index in [1.54, 1.807) is 7.11 Å². The van der Waals surface area contributed by atoms with Crippen molar-refractivity contribution in [3.05, 3.63) is 29.3 Å². The van der Waals surface area contributed by atoms with Crippen LogP contribution in [0.4, 0.5) is 0 Å². The molecule has 1 aromatic carbocycles. The molecule has 2 atom stereocenters. The summed E-state index contributed by atoms with van der Waals surface area (Å²) in [5, 5.41) is 3.54. The highest BCUT2D eigenvalue weighted by Crippen LogP contribution is 2.49. The lowest BCUT2D eigenvalue weighted by atomic mass is 9.75. The van der Waals surface area contributed by atoms with Crippen LogP contribution in [-0.2, 0) is 0 Å². The second kappa shape index (κ2) is 5.54. The van der Waals surface area contributed by atoms with Gasteiger partial charge in [0.2, 0.25) is 0 Å². The molecular weight excluding hydrogens is 234 g/mol. The summed E-state index contributed by atoms with van der Waals surface area (Å²) in [5.74, 6) is 1.68. The Hall–Kier alpha value is -1.02. The van der Waals surface area contributed by atoms with Crippen molar-refractivity contribution in [3.63, 3.8) is 0 Å². The molecule has 0 saturated heterocycles. The minimum Gasteiger partial charge on any atom is -0.496 e. The highest BCUT2D eigenvalue weighted by molar-refractivity contribution is 5.39. The minimum absolute atomic E-state index is 0.382. The van der Waals surface area contributed by atoms with Crippen LogP contribution in [-0.4, -0.2) is 14.2 Å². The van der Waals surface area contributed by atoms with Gasteiger partial charge in [-0.15, -0.1) is 0 Å². The van der Waals surface area contributed by atoms with Gasteiger partial charge in [0.15, 0.2) is 0 Å². The lowest BCUT2D eigenvalue weighted by molar-refractivity contribution is 0.201. The maximum Gasteiger partial charge on any atom is 0.123 e. The molecule has 0 radical (unpaired) electrons. The Labute approximate surface area is 117 Å². The molecule has 0 bridgehead atoms. The van der Waals surface area contributed by atoms with Crippen LogP contribution >= 0.6 is 0 Å². The zero-order valence-electron chi connectivity index (χ0n) is 12.9. The molecule has 1 fully saturated rings. The second-order valence-corrected chi connectivity index (χ2v) is 6.50. The number of aryl methyl sites for hydroxylation is 1. The van der Waals surface area contributed by atoms with Gasteiger partial charge in [0.05, 0.1) is 7.11 Å².